The molecule has 2 aromatic rings. The second kappa shape index (κ2) is 7.74. The van der Waals surface area contributed by atoms with Gasteiger partial charge >= 0.3 is 5.69 Å². The van der Waals surface area contributed by atoms with E-state index in [-0.39, 0.29) is 5.69 Å². The third-order valence-corrected chi connectivity index (χ3v) is 4.01. The lowest BCUT2D eigenvalue weighted by atomic mass is 10.1. The van der Waals surface area contributed by atoms with Crippen LogP contribution in [-0.4, -0.2) is 42.8 Å². The van der Waals surface area contributed by atoms with Gasteiger partial charge in [0.15, 0.2) is 0 Å². The zero-order valence-corrected chi connectivity index (χ0v) is 13.4. The van der Waals surface area contributed by atoms with Gasteiger partial charge in [0, 0.05) is 37.6 Å². The van der Waals surface area contributed by atoms with Crippen LogP contribution in [0.25, 0.3) is 0 Å². The van der Waals surface area contributed by atoms with Gasteiger partial charge in [-0.05, 0) is 24.1 Å². The van der Waals surface area contributed by atoms with E-state index in [1.807, 2.05) is 12.1 Å². The fourth-order valence-corrected chi connectivity index (χ4v) is 2.83. The summed E-state index contributed by atoms with van der Waals surface area (Å²) in [6.45, 7) is 3.84. The first-order valence-electron chi connectivity index (χ1n) is 7.99. The van der Waals surface area contributed by atoms with Crippen molar-refractivity contribution < 1.29 is 9.66 Å². The molecular weight excluding hydrogens is 308 g/mol. The van der Waals surface area contributed by atoms with Crippen molar-refractivity contribution in [2.45, 2.75) is 6.42 Å². The highest BCUT2D eigenvalue weighted by Crippen LogP contribution is 2.23. The monoisotopic (exact) mass is 328 g/mol. The highest BCUT2D eigenvalue weighted by molar-refractivity contribution is 5.56. The molecule has 1 aliphatic rings. The van der Waals surface area contributed by atoms with Crippen LogP contribution >= 0.6 is 0 Å². The van der Waals surface area contributed by atoms with Crippen LogP contribution in [0.2, 0.25) is 0 Å². The van der Waals surface area contributed by atoms with Crippen LogP contribution in [0.5, 0.6) is 0 Å². The lowest BCUT2D eigenvalue weighted by Gasteiger charge is -2.30. The van der Waals surface area contributed by atoms with Gasteiger partial charge in [0.05, 0.1) is 18.1 Å². The second-order valence-corrected chi connectivity index (χ2v) is 5.53. The lowest BCUT2D eigenvalue weighted by molar-refractivity contribution is -0.384. The number of ether oxygens (including phenoxy) is 1. The summed E-state index contributed by atoms with van der Waals surface area (Å²) in [7, 11) is 0. The fourth-order valence-electron chi connectivity index (χ4n) is 2.83. The van der Waals surface area contributed by atoms with Gasteiger partial charge in [0.25, 0.3) is 0 Å². The number of morpholine rings is 1. The molecule has 126 valence electrons. The molecule has 1 N–H and O–H groups in total. The molecule has 7 nitrogen and oxygen atoms in total. The van der Waals surface area contributed by atoms with Crippen molar-refractivity contribution in [1.82, 2.24) is 4.98 Å². The van der Waals surface area contributed by atoms with Gasteiger partial charge in [-0.1, -0.05) is 18.2 Å². The molecule has 1 saturated heterocycles. The SMILES string of the molecule is O=[N+]([O-])c1cccnc1NCCc1ccccc1N1CCOCC1. The summed E-state index contributed by atoms with van der Waals surface area (Å²) >= 11 is 0. The minimum atomic E-state index is -0.420. The normalized spacial score (nSPS) is 14.4. The summed E-state index contributed by atoms with van der Waals surface area (Å²) in [5, 5.41) is 14.1. The molecule has 2 heterocycles. The van der Waals surface area contributed by atoms with Gasteiger partial charge in [-0.3, -0.25) is 10.1 Å². The minimum Gasteiger partial charge on any atom is -0.378 e. The first-order valence-corrected chi connectivity index (χ1v) is 7.99. The minimum absolute atomic E-state index is 0.000959. The number of nitrogens with one attached hydrogen (secondary N) is 1. The van der Waals surface area contributed by atoms with Crippen LogP contribution < -0.4 is 10.2 Å². The Morgan fingerprint density at radius 2 is 2.00 bits per heavy atom. The van der Waals surface area contributed by atoms with E-state index < -0.39 is 4.92 Å². The number of hydrogen-bond acceptors (Lipinski definition) is 6. The Kier molecular flexibility index (Phi) is 5.22. The van der Waals surface area contributed by atoms with Crippen molar-refractivity contribution in [3.8, 4) is 0 Å². The summed E-state index contributed by atoms with van der Waals surface area (Å²) < 4.78 is 5.41. The number of hydrogen-bond donors (Lipinski definition) is 1. The van der Waals surface area contributed by atoms with Crippen molar-refractivity contribution in [1.29, 1.82) is 0 Å². The van der Waals surface area contributed by atoms with E-state index in [1.165, 1.54) is 17.3 Å². The summed E-state index contributed by atoms with van der Waals surface area (Å²) in [5.74, 6) is 0.311. The quantitative estimate of drug-likeness (QED) is 0.648. The van der Waals surface area contributed by atoms with E-state index in [2.05, 4.69) is 27.3 Å². The van der Waals surface area contributed by atoms with Gasteiger partial charge in [-0.25, -0.2) is 4.98 Å². The van der Waals surface area contributed by atoms with Crippen LogP contribution in [0.1, 0.15) is 5.56 Å². The molecule has 0 amide bonds. The second-order valence-electron chi connectivity index (χ2n) is 5.53. The van der Waals surface area contributed by atoms with E-state index >= 15 is 0 Å². The van der Waals surface area contributed by atoms with E-state index in [0.29, 0.717) is 12.4 Å². The molecule has 0 atom stereocenters. The summed E-state index contributed by atoms with van der Waals surface area (Å²) in [6.07, 6.45) is 2.32. The first-order chi connectivity index (χ1) is 11.8. The lowest BCUT2D eigenvalue weighted by Crippen LogP contribution is -2.36. The topological polar surface area (TPSA) is 80.5 Å². The molecule has 1 fully saturated rings. The van der Waals surface area contributed by atoms with Gasteiger partial charge in [0.2, 0.25) is 5.82 Å². The van der Waals surface area contributed by atoms with Crippen LogP contribution in [0.4, 0.5) is 17.2 Å². The first kappa shape index (κ1) is 16.2. The summed E-state index contributed by atoms with van der Waals surface area (Å²) in [5.41, 5.74) is 2.42. The number of aromatic nitrogens is 1. The predicted molar refractivity (Wildman–Crippen MR) is 92.6 cm³/mol. The Bertz CT molecular complexity index is 702. The van der Waals surface area contributed by atoms with Gasteiger partial charge in [-0.15, -0.1) is 0 Å². The van der Waals surface area contributed by atoms with Crippen molar-refractivity contribution in [2.24, 2.45) is 0 Å². The predicted octanol–water partition coefficient (Wildman–Crippen LogP) is 2.48. The fraction of sp³-hybridized carbons (Fsp3) is 0.353. The number of anilines is 2. The van der Waals surface area contributed by atoms with Crippen molar-refractivity contribution >= 4 is 17.2 Å². The highest BCUT2D eigenvalue weighted by atomic mass is 16.6. The highest BCUT2D eigenvalue weighted by Gasteiger charge is 2.16. The average Bonchev–Trinajstić information content (AvgIpc) is 2.63. The van der Waals surface area contributed by atoms with Gasteiger partial charge in [0.1, 0.15) is 0 Å². The molecule has 0 saturated carbocycles. The van der Waals surface area contributed by atoms with Crippen molar-refractivity contribution in [3.63, 3.8) is 0 Å². The standard InChI is InChI=1S/C17H20N4O3/c22-21(23)16-6-3-8-18-17(16)19-9-7-14-4-1-2-5-15(14)20-10-12-24-13-11-20/h1-6,8H,7,9-13H2,(H,18,19). The number of nitro groups is 1. The van der Waals surface area contributed by atoms with E-state index in [0.717, 1.165) is 32.7 Å². The third kappa shape index (κ3) is 3.80. The largest absolute Gasteiger partial charge is 0.378 e. The molecule has 24 heavy (non-hydrogen) atoms. The number of nitrogens with zero attached hydrogens (tertiary/aromatic N) is 3. The molecular formula is C17H20N4O3. The Labute approximate surface area is 140 Å². The molecule has 0 aliphatic carbocycles. The molecule has 3 rings (SSSR count). The average molecular weight is 328 g/mol. The number of rotatable bonds is 6. The van der Waals surface area contributed by atoms with Crippen LogP contribution in [0.15, 0.2) is 42.6 Å². The van der Waals surface area contributed by atoms with Crippen molar-refractivity contribution in [2.75, 3.05) is 43.1 Å². The zero-order valence-electron chi connectivity index (χ0n) is 13.4. The van der Waals surface area contributed by atoms with Gasteiger partial charge in [-0.2, -0.15) is 0 Å². The molecule has 1 aromatic carbocycles. The maximum atomic E-state index is 11.0. The molecule has 0 spiro atoms. The number of benzene rings is 1. The smallest absolute Gasteiger partial charge is 0.311 e. The molecule has 1 aliphatic heterocycles. The van der Waals surface area contributed by atoms with Gasteiger partial charge < -0.3 is 15.0 Å². The number of para-hydroxylation sites is 1. The van der Waals surface area contributed by atoms with Crippen LogP contribution in [-0.2, 0) is 11.2 Å². The Morgan fingerprint density at radius 1 is 1.21 bits per heavy atom. The zero-order chi connectivity index (χ0) is 16.8. The molecule has 1 aromatic heterocycles. The van der Waals surface area contributed by atoms with Crippen LogP contribution in [0, 0.1) is 10.1 Å². The maximum Gasteiger partial charge on any atom is 0.311 e. The molecule has 0 bridgehead atoms. The number of pyridine rings is 1. The summed E-state index contributed by atoms with van der Waals surface area (Å²) in [6, 6.07) is 11.3. The molecule has 0 radical (unpaired) electrons. The molecule has 7 heteroatoms. The third-order valence-electron chi connectivity index (χ3n) is 4.01. The van der Waals surface area contributed by atoms with E-state index in [4.69, 9.17) is 4.74 Å². The van der Waals surface area contributed by atoms with E-state index in [1.54, 1.807) is 12.3 Å². The summed E-state index contributed by atoms with van der Waals surface area (Å²) in [4.78, 5) is 17.0. The Morgan fingerprint density at radius 3 is 2.79 bits per heavy atom. The van der Waals surface area contributed by atoms with Crippen LogP contribution in [0.3, 0.4) is 0 Å². The Balaban J connectivity index is 1.66. The van der Waals surface area contributed by atoms with E-state index in [9.17, 15) is 10.1 Å². The van der Waals surface area contributed by atoms with Crippen molar-refractivity contribution in [3.05, 3.63) is 58.3 Å². The maximum absolute atomic E-state index is 11.0. The Hall–Kier alpha value is -2.67. The molecule has 0 unspecified atom stereocenters.